The van der Waals surface area contributed by atoms with Crippen molar-refractivity contribution >= 4 is 12.0 Å². The topological polar surface area (TPSA) is 69.6 Å². The fraction of sp³-hybridized carbons (Fsp3) is 0.857. The largest absolute Gasteiger partial charge is 0.481 e. The van der Waals surface area contributed by atoms with E-state index in [1.807, 2.05) is 0 Å². The second kappa shape index (κ2) is 5.80. The third-order valence-corrected chi connectivity index (χ3v) is 4.75. The van der Waals surface area contributed by atoms with Gasteiger partial charge in [0.15, 0.2) is 0 Å². The fourth-order valence-electron chi connectivity index (χ4n) is 3.09. The van der Waals surface area contributed by atoms with Crippen LogP contribution in [0.1, 0.15) is 39.5 Å². The van der Waals surface area contributed by atoms with E-state index < -0.39 is 11.9 Å². The van der Waals surface area contributed by atoms with E-state index in [1.165, 1.54) is 0 Å². The van der Waals surface area contributed by atoms with E-state index in [4.69, 9.17) is 5.11 Å². The van der Waals surface area contributed by atoms with Crippen molar-refractivity contribution in [3.8, 4) is 0 Å². The van der Waals surface area contributed by atoms with Gasteiger partial charge in [-0.25, -0.2) is 4.79 Å². The lowest BCUT2D eigenvalue weighted by molar-refractivity contribution is -0.141. The number of hydrogen-bond acceptors (Lipinski definition) is 2. The van der Waals surface area contributed by atoms with Crippen LogP contribution < -0.4 is 5.32 Å². The lowest BCUT2D eigenvalue weighted by Crippen LogP contribution is -2.46. The van der Waals surface area contributed by atoms with E-state index in [2.05, 4.69) is 19.2 Å². The number of hydrogen-bond donors (Lipinski definition) is 2. The van der Waals surface area contributed by atoms with Gasteiger partial charge in [-0.05, 0) is 37.5 Å². The maximum Gasteiger partial charge on any atom is 0.317 e. The molecule has 0 aromatic heterocycles. The van der Waals surface area contributed by atoms with Crippen LogP contribution in [0.25, 0.3) is 0 Å². The predicted molar refractivity (Wildman–Crippen MR) is 71.8 cm³/mol. The van der Waals surface area contributed by atoms with Gasteiger partial charge in [0.2, 0.25) is 0 Å². The minimum atomic E-state index is -0.796. The fourth-order valence-corrected chi connectivity index (χ4v) is 3.09. The molecule has 0 aromatic rings. The highest BCUT2D eigenvalue weighted by Crippen LogP contribution is 2.29. The van der Waals surface area contributed by atoms with Gasteiger partial charge in [0.1, 0.15) is 0 Å². The molecule has 2 rings (SSSR count). The highest BCUT2D eigenvalue weighted by Gasteiger charge is 2.32. The Labute approximate surface area is 114 Å². The van der Waals surface area contributed by atoms with Crippen LogP contribution >= 0.6 is 0 Å². The number of carboxylic acid groups (broad SMARTS) is 1. The minimum Gasteiger partial charge on any atom is -0.481 e. The Kier molecular flexibility index (Phi) is 4.32. The van der Waals surface area contributed by atoms with Gasteiger partial charge in [0, 0.05) is 19.1 Å². The molecule has 108 valence electrons. The summed E-state index contributed by atoms with van der Waals surface area (Å²) in [5.74, 6) is 0.187. The molecular formula is C14H24N2O3. The summed E-state index contributed by atoms with van der Waals surface area (Å²) in [7, 11) is 0. The zero-order valence-electron chi connectivity index (χ0n) is 11.8. The van der Waals surface area contributed by atoms with Gasteiger partial charge < -0.3 is 15.3 Å². The Morgan fingerprint density at radius 1 is 1.16 bits per heavy atom. The van der Waals surface area contributed by atoms with Crippen LogP contribution in [0.4, 0.5) is 4.79 Å². The van der Waals surface area contributed by atoms with Crippen molar-refractivity contribution in [3.05, 3.63) is 0 Å². The zero-order valence-corrected chi connectivity index (χ0v) is 11.8. The highest BCUT2D eigenvalue weighted by molar-refractivity contribution is 5.77. The number of carbonyl (C=O) groups is 2. The van der Waals surface area contributed by atoms with Crippen molar-refractivity contribution in [1.82, 2.24) is 10.2 Å². The Morgan fingerprint density at radius 2 is 1.89 bits per heavy atom. The van der Waals surface area contributed by atoms with Crippen molar-refractivity contribution in [2.45, 2.75) is 45.6 Å². The standard InChI is InChI=1S/C14H24N2O3/c1-9-3-4-12(7-10(9)2)15-14(19)16-6-5-11(8-16)13(17)18/h9-12H,3-8H2,1-2H3,(H,15,19)(H,17,18). The number of nitrogens with zero attached hydrogens (tertiary/aromatic N) is 1. The Hall–Kier alpha value is -1.26. The summed E-state index contributed by atoms with van der Waals surface area (Å²) >= 11 is 0. The van der Waals surface area contributed by atoms with Gasteiger partial charge in [-0.15, -0.1) is 0 Å². The average Bonchev–Trinajstić information content (AvgIpc) is 2.83. The molecule has 0 bridgehead atoms. The second-order valence-electron chi connectivity index (χ2n) is 6.18. The van der Waals surface area contributed by atoms with Gasteiger partial charge >= 0.3 is 12.0 Å². The first-order valence-corrected chi connectivity index (χ1v) is 7.25. The predicted octanol–water partition coefficient (Wildman–Crippen LogP) is 1.93. The van der Waals surface area contributed by atoms with Crippen LogP contribution in [0.5, 0.6) is 0 Å². The van der Waals surface area contributed by atoms with E-state index in [-0.39, 0.29) is 12.1 Å². The van der Waals surface area contributed by atoms with Crippen molar-refractivity contribution in [1.29, 1.82) is 0 Å². The third kappa shape index (κ3) is 3.39. The van der Waals surface area contributed by atoms with Crippen LogP contribution in [-0.2, 0) is 4.79 Å². The lowest BCUT2D eigenvalue weighted by Gasteiger charge is -2.33. The number of carboxylic acids is 1. The molecule has 0 aromatic carbocycles. The molecule has 1 aliphatic heterocycles. The van der Waals surface area contributed by atoms with E-state index in [0.717, 1.165) is 25.2 Å². The monoisotopic (exact) mass is 268 g/mol. The van der Waals surface area contributed by atoms with Crippen LogP contribution in [0.2, 0.25) is 0 Å². The van der Waals surface area contributed by atoms with Crippen LogP contribution in [-0.4, -0.2) is 41.1 Å². The Morgan fingerprint density at radius 3 is 2.47 bits per heavy atom. The van der Waals surface area contributed by atoms with Gasteiger partial charge in [-0.3, -0.25) is 4.79 Å². The van der Waals surface area contributed by atoms with Crippen molar-refractivity contribution in [3.63, 3.8) is 0 Å². The molecule has 2 amide bonds. The first kappa shape index (κ1) is 14.2. The molecule has 0 radical (unpaired) electrons. The minimum absolute atomic E-state index is 0.0875. The molecule has 2 fully saturated rings. The highest BCUT2D eigenvalue weighted by atomic mass is 16.4. The number of likely N-dealkylation sites (tertiary alicyclic amines) is 1. The molecule has 2 N–H and O–H groups in total. The molecule has 1 saturated heterocycles. The van der Waals surface area contributed by atoms with Crippen LogP contribution in [0.3, 0.4) is 0 Å². The molecule has 0 spiro atoms. The maximum absolute atomic E-state index is 12.1. The summed E-state index contributed by atoms with van der Waals surface area (Å²) in [5, 5.41) is 12.0. The van der Waals surface area contributed by atoms with E-state index in [0.29, 0.717) is 25.4 Å². The summed E-state index contributed by atoms with van der Waals surface area (Å²) in [4.78, 5) is 24.6. The first-order chi connectivity index (χ1) is 8.97. The molecule has 1 heterocycles. The second-order valence-corrected chi connectivity index (χ2v) is 6.18. The molecule has 4 unspecified atom stereocenters. The SMILES string of the molecule is CC1CCC(NC(=O)N2CCC(C(=O)O)C2)CC1C. The zero-order chi connectivity index (χ0) is 14.0. The summed E-state index contributed by atoms with van der Waals surface area (Å²) in [6, 6.07) is 0.165. The maximum atomic E-state index is 12.1. The summed E-state index contributed by atoms with van der Waals surface area (Å²) < 4.78 is 0. The third-order valence-electron chi connectivity index (χ3n) is 4.75. The van der Waals surface area contributed by atoms with E-state index in [9.17, 15) is 9.59 Å². The number of nitrogens with one attached hydrogen (secondary N) is 1. The number of aliphatic carboxylic acids is 1. The van der Waals surface area contributed by atoms with E-state index in [1.54, 1.807) is 4.90 Å². The smallest absolute Gasteiger partial charge is 0.317 e. The van der Waals surface area contributed by atoms with Gasteiger partial charge in [-0.2, -0.15) is 0 Å². The normalized spacial score (nSPS) is 35.2. The average molecular weight is 268 g/mol. The summed E-state index contributed by atoms with van der Waals surface area (Å²) in [6.07, 6.45) is 3.79. The first-order valence-electron chi connectivity index (χ1n) is 7.25. The van der Waals surface area contributed by atoms with Crippen molar-refractivity contribution in [2.75, 3.05) is 13.1 Å². The van der Waals surface area contributed by atoms with Crippen LogP contribution in [0.15, 0.2) is 0 Å². The number of amides is 2. The number of rotatable bonds is 2. The molecule has 5 nitrogen and oxygen atoms in total. The summed E-state index contributed by atoms with van der Waals surface area (Å²) in [5.41, 5.74) is 0. The molecule has 4 atom stereocenters. The van der Waals surface area contributed by atoms with Crippen LogP contribution in [0, 0.1) is 17.8 Å². The van der Waals surface area contributed by atoms with Gasteiger partial charge in [-0.1, -0.05) is 13.8 Å². The molecule has 2 aliphatic rings. The van der Waals surface area contributed by atoms with Crippen molar-refractivity contribution in [2.24, 2.45) is 17.8 Å². The van der Waals surface area contributed by atoms with Gasteiger partial charge in [0.25, 0.3) is 0 Å². The summed E-state index contributed by atoms with van der Waals surface area (Å²) in [6.45, 7) is 5.40. The molecule has 1 aliphatic carbocycles. The molecule has 19 heavy (non-hydrogen) atoms. The quantitative estimate of drug-likeness (QED) is 0.804. The molecular weight excluding hydrogens is 244 g/mol. The molecule has 5 heteroatoms. The Bertz CT molecular complexity index is 359. The van der Waals surface area contributed by atoms with Crippen molar-refractivity contribution < 1.29 is 14.7 Å². The van der Waals surface area contributed by atoms with Gasteiger partial charge in [0.05, 0.1) is 5.92 Å². The number of urea groups is 1. The molecule has 1 saturated carbocycles. The lowest BCUT2D eigenvalue weighted by atomic mass is 9.79. The van der Waals surface area contributed by atoms with E-state index >= 15 is 0 Å². The number of carbonyl (C=O) groups excluding carboxylic acids is 1. The Balaban J connectivity index is 1.80.